The number of benzene rings is 3. The van der Waals surface area contributed by atoms with E-state index in [9.17, 15) is 14.7 Å². The fraction of sp³-hybridized carbons (Fsp3) is 0.241. The first-order valence-corrected chi connectivity index (χ1v) is 11.7. The third kappa shape index (κ3) is 3.85. The topological polar surface area (TPSA) is 80.0 Å². The van der Waals surface area contributed by atoms with Crippen molar-refractivity contribution < 1.29 is 19.1 Å². The van der Waals surface area contributed by atoms with Crippen molar-refractivity contribution in [3.63, 3.8) is 0 Å². The molecule has 35 heavy (non-hydrogen) atoms. The Labute approximate surface area is 203 Å². The molecule has 178 valence electrons. The van der Waals surface area contributed by atoms with Gasteiger partial charge in [0.05, 0.1) is 23.6 Å². The second-order valence-electron chi connectivity index (χ2n) is 9.11. The van der Waals surface area contributed by atoms with Crippen LogP contribution in [-0.2, 0) is 6.54 Å². The minimum absolute atomic E-state index is 0.00188. The number of nitrogens with zero attached hydrogens (tertiary/aromatic N) is 1. The molecule has 1 aliphatic heterocycles. The molecular formula is C29H27NO5. The van der Waals surface area contributed by atoms with Gasteiger partial charge in [-0.3, -0.25) is 9.59 Å². The zero-order chi connectivity index (χ0) is 24.9. The van der Waals surface area contributed by atoms with Gasteiger partial charge in [-0.25, -0.2) is 0 Å². The monoisotopic (exact) mass is 469 g/mol. The number of amides is 1. The second-order valence-corrected chi connectivity index (χ2v) is 9.11. The Balaban J connectivity index is 1.74. The highest BCUT2D eigenvalue weighted by Gasteiger charge is 2.43. The number of phenolic OH excluding ortho intramolecular Hbond substituents is 1. The van der Waals surface area contributed by atoms with Crippen LogP contribution in [0, 0.1) is 20.8 Å². The van der Waals surface area contributed by atoms with Crippen LogP contribution in [0.25, 0.3) is 11.0 Å². The number of carbonyl (C=O) groups is 1. The Kier molecular flexibility index (Phi) is 5.59. The van der Waals surface area contributed by atoms with Crippen LogP contribution in [0.4, 0.5) is 0 Å². The van der Waals surface area contributed by atoms with Gasteiger partial charge in [-0.05, 0) is 68.1 Å². The van der Waals surface area contributed by atoms with Gasteiger partial charge >= 0.3 is 0 Å². The first kappa shape index (κ1) is 22.7. The van der Waals surface area contributed by atoms with E-state index in [0.29, 0.717) is 41.0 Å². The Morgan fingerprint density at radius 2 is 1.71 bits per heavy atom. The second kappa shape index (κ2) is 8.62. The van der Waals surface area contributed by atoms with Gasteiger partial charge in [0.1, 0.15) is 5.58 Å². The lowest BCUT2D eigenvalue weighted by Gasteiger charge is -2.26. The zero-order valence-corrected chi connectivity index (χ0v) is 20.2. The molecule has 1 aromatic heterocycles. The molecule has 1 amide bonds. The van der Waals surface area contributed by atoms with Crippen LogP contribution in [0.5, 0.6) is 11.5 Å². The molecule has 0 saturated heterocycles. The van der Waals surface area contributed by atoms with Gasteiger partial charge < -0.3 is 19.2 Å². The SMILES string of the molecule is CCOc1cc([C@H]2c3c(oc4c(C)cc(C)cc4c3=O)C(=O)N2Cc2ccc(C)cc2)ccc1O. The Morgan fingerprint density at radius 1 is 0.971 bits per heavy atom. The number of phenols is 1. The van der Waals surface area contributed by atoms with Gasteiger partial charge in [0, 0.05) is 6.54 Å². The van der Waals surface area contributed by atoms with Crippen molar-refractivity contribution in [2.24, 2.45) is 0 Å². The van der Waals surface area contributed by atoms with Crippen LogP contribution < -0.4 is 10.2 Å². The van der Waals surface area contributed by atoms with E-state index < -0.39 is 6.04 Å². The largest absolute Gasteiger partial charge is 0.504 e. The molecule has 6 nitrogen and oxygen atoms in total. The molecule has 0 saturated carbocycles. The van der Waals surface area contributed by atoms with Crippen molar-refractivity contribution in [2.75, 3.05) is 6.61 Å². The van der Waals surface area contributed by atoms with E-state index in [1.807, 2.05) is 58.0 Å². The van der Waals surface area contributed by atoms with E-state index in [1.165, 1.54) is 6.07 Å². The summed E-state index contributed by atoms with van der Waals surface area (Å²) in [6.07, 6.45) is 0. The smallest absolute Gasteiger partial charge is 0.291 e. The summed E-state index contributed by atoms with van der Waals surface area (Å²) in [6, 6.07) is 16.0. The number of hydrogen-bond donors (Lipinski definition) is 1. The molecule has 0 aliphatic carbocycles. The van der Waals surface area contributed by atoms with Crippen molar-refractivity contribution in [3.05, 3.63) is 104 Å². The highest BCUT2D eigenvalue weighted by atomic mass is 16.5. The Bertz CT molecular complexity index is 1520. The number of aryl methyl sites for hydroxylation is 3. The summed E-state index contributed by atoms with van der Waals surface area (Å²) in [6.45, 7) is 8.31. The summed E-state index contributed by atoms with van der Waals surface area (Å²) in [7, 11) is 0. The van der Waals surface area contributed by atoms with Gasteiger partial charge in [-0.2, -0.15) is 0 Å². The maximum absolute atomic E-state index is 13.9. The van der Waals surface area contributed by atoms with Crippen molar-refractivity contribution in [1.29, 1.82) is 0 Å². The zero-order valence-electron chi connectivity index (χ0n) is 20.2. The van der Waals surface area contributed by atoms with Crippen LogP contribution in [0.15, 0.2) is 63.8 Å². The minimum Gasteiger partial charge on any atom is -0.504 e. The van der Waals surface area contributed by atoms with E-state index in [4.69, 9.17) is 9.15 Å². The molecule has 0 fully saturated rings. The van der Waals surface area contributed by atoms with Crippen LogP contribution in [0.1, 0.15) is 56.9 Å². The highest BCUT2D eigenvalue weighted by Crippen LogP contribution is 2.41. The standard InChI is InChI=1S/C29H27NO5/c1-5-34-23-14-20(10-11-22(23)31)25-24-26(32)21-13-17(3)12-18(4)27(21)35-28(24)29(33)30(25)15-19-8-6-16(2)7-9-19/h6-14,25,31H,5,15H2,1-4H3/t25-/m0/s1. The minimum atomic E-state index is -0.680. The number of ether oxygens (including phenoxy) is 1. The molecule has 1 aliphatic rings. The number of aromatic hydroxyl groups is 1. The first-order valence-electron chi connectivity index (χ1n) is 11.7. The Morgan fingerprint density at radius 3 is 2.43 bits per heavy atom. The summed E-state index contributed by atoms with van der Waals surface area (Å²) in [5.74, 6) is 0.0354. The average Bonchev–Trinajstić information content (AvgIpc) is 3.10. The van der Waals surface area contributed by atoms with Crippen LogP contribution in [-0.4, -0.2) is 22.5 Å². The lowest BCUT2D eigenvalue weighted by molar-refractivity contribution is 0.0714. The fourth-order valence-electron chi connectivity index (χ4n) is 4.85. The maximum Gasteiger partial charge on any atom is 0.291 e. The maximum atomic E-state index is 13.9. The molecule has 3 aromatic carbocycles. The fourth-order valence-corrected chi connectivity index (χ4v) is 4.85. The molecule has 2 heterocycles. The lowest BCUT2D eigenvalue weighted by Crippen LogP contribution is -2.29. The van der Waals surface area contributed by atoms with Gasteiger partial charge in [-0.1, -0.05) is 42.0 Å². The van der Waals surface area contributed by atoms with Gasteiger partial charge in [0.25, 0.3) is 5.91 Å². The van der Waals surface area contributed by atoms with Crippen LogP contribution in [0.2, 0.25) is 0 Å². The molecule has 0 radical (unpaired) electrons. The molecule has 0 unspecified atom stereocenters. The predicted molar refractivity (Wildman–Crippen MR) is 134 cm³/mol. The van der Waals surface area contributed by atoms with E-state index >= 15 is 0 Å². The number of fused-ring (bicyclic) bond motifs is 2. The lowest BCUT2D eigenvalue weighted by atomic mass is 9.96. The third-order valence-electron chi connectivity index (χ3n) is 6.47. The van der Waals surface area contributed by atoms with Crippen molar-refractivity contribution in [1.82, 2.24) is 4.90 Å². The van der Waals surface area contributed by atoms with Gasteiger partial charge in [-0.15, -0.1) is 0 Å². The molecular weight excluding hydrogens is 442 g/mol. The number of carbonyl (C=O) groups excluding carboxylic acids is 1. The molecule has 1 atom stereocenters. The predicted octanol–water partition coefficient (Wildman–Crippen LogP) is 5.57. The molecule has 4 aromatic rings. The van der Waals surface area contributed by atoms with Crippen molar-refractivity contribution >= 4 is 16.9 Å². The number of hydrogen-bond acceptors (Lipinski definition) is 5. The molecule has 5 rings (SSSR count). The van der Waals surface area contributed by atoms with Crippen LogP contribution >= 0.6 is 0 Å². The molecule has 6 heteroatoms. The van der Waals surface area contributed by atoms with Crippen molar-refractivity contribution in [2.45, 2.75) is 40.3 Å². The average molecular weight is 470 g/mol. The molecule has 0 spiro atoms. The molecule has 0 bridgehead atoms. The summed E-state index contributed by atoms with van der Waals surface area (Å²) in [5.41, 5.74) is 5.01. The van der Waals surface area contributed by atoms with Gasteiger partial charge in [0.15, 0.2) is 16.9 Å². The number of rotatable bonds is 5. The highest BCUT2D eigenvalue weighted by molar-refractivity contribution is 5.99. The third-order valence-corrected chi connectivity index (χ3v) is 6.47. The van der Waals surface area contributed by atoms with Gasteiger partial charge in [0.2, 0.25) is 5.76 Å². The van der Waals surface area contributed by atoms with Crippen LogP contribution in [0.3, 0.4) is 0 Å². The van der Waals surface area contributed by atoms with E-state index in [1.54, 1.807) is 23.1 Å². The Hall–Kier alpha value is -4.06. The van der Waals surface area contributed by atoms with E-state index in [-0.39, 0.29) is 22.8 Å². The summed E-state index contributed by atoms with van der Waals surface area (Å²) in [5, 5.41) is 10.7. The summed E-state index contributed by atoms with van der Waals surface area (Å²) < 4.78 is 11.7. The van der Waals surface area contributed by atoms with E-state index in [0.717, 1.165) is 22.3 Å². The normalized spacial score (nSPS) is 15.0. The first-order chi connectivity index (χ1) is 16.8. The summed E-state index contributed by atoms with van der Waals surface area (Å²) >= 11 is 0. The quantitative estimate of drug-likeness (QED) is 0.413. The van der Waals surface area contributed by atoms with E-state index in [2.05, 4.69) is 0 Å². The summed E-state index contributed by atoms with van der Waals surface area (Å²) in [4.78, 5) is 29.2. The van der Waals surface area contributed by atoms with Crippen molar-refractivity contribution in [3.8, 4) is 11.5 Å². The molecule has 1 N–H and O–H groups in total.